The van der Waals surface area contributed by atoms with Crippen LogP contribution in [0.15, 0.2) is 57.4 Å². The van der Waals surface area contributed by atoms with Gasteiger partial charge in [0, 0.05) is 18.2 Å². The van der Waals surface area contributed by atoms with E-state index in [1.807, 2.05) is 31.2 Å². The van der Waals surface area contributed by atoms with E-state index in [0.29, 0.717) is 25.4 Å². The van der Waals surface area contributed by atoms with E-state index in [0.717, 1.165) is 17.7 Å². The lowest BCUT2D eigenvalue weighted by molar-refractivity contribution is 0.102. The van der Waals surface area contributed by atoms with Crippen LogP contribution < -0.4 is 15.7 Å². The van der Waals surface area contributed by atoms with Gasteiger partial charge >= 0.3 is 11.7 Å². The number of Topliss-reactive ketones (excluding diaryl/α,β-unsaturated/α-hetero) is 1. The highest BCUT2D eigenvalue weighted by atomic mass is 16.5. The van der Waals surface area contributed by atoms with Gasteiger partial charge < -0.3 is 19.0 Å². The molecule has 0 spiro atoms. The summed E-state index contributed by atoms with van der Waals surface area (Å²) in [5.74, 6) is 0.366. The molecule has 0 bridgehead atoms. The number of amides is 1. The maximum Gasteiger partial charge on any atom is 0.410 e. The molecule has 0 saturated carbocycles. The maximum atomic E-state index is 12.9. The predicted molar refractivity (Wildman–Crippen MR) is 138 cm³/mol. The third kappa shape index (κ3) is 8.76. The monoisotopic (exact) mass is 497 g/mol. The number of benzene rings is 1. The topological polar surface area (TPSA) is 115 Å². The van der Waals surface area contributed by atoms with Crippen LogP contribution in [-0.2, 0) is 4.74 Å². The van der Waals surface area contributed by atoms with Gasteiger partial charge in [0.15, 0.2) is 5.78 Å². The standard InChI is InChI=1S/C28H35NO7/c1-18(2)13-15-35-22-11-9-21(10-12-22)16-20(4)26(31)25-23(30)17-24(36-27(25)32)19(3)8-6-7-14-29-28(33)34-5/h7,9-12,14,16-19,30H,6,8,13,15H2,1-5H3,(H,29,33)/b14-7+,20-16+. The lowest BCUT2D eigenvalue weighted by Gasteiger charge is -2.11. The summed E-state index contributed by atoms with van der Waals surface area (Å²) < 4.78 is 15.5. The lowest BCUT2D eigenvalue weighted by Crippen LogP contribution is -2.16. The first kappa shape index (κ1) is 28.4. The molecule has 1 heterocycles. The van der Waals surface area contributed by atoms with Gasteiger partial charge in [-0.15, -0.1) is 0 Å². The number of ketones is 1. The second-order valence-electron chi connectivity index (χ2n) is 8.97. The number of rotatable bonds is 12. The molecule has 0 aliphatic carbocycles. The molecule has 2 rings (SSSR count). The fourth-order valence-electron chi connectivity index (χ4n) is 3.29. The van der Waals surface area contributed by atoms with E-state index >= 15 is 0 Å². The Kier molecular flexibility index (Phi) is 11.0. The van der Waals surface area contributed by atoms with Crippen LogP contribution in [-0.4, -0.2) is 30.7 Å². The smallest absolute Gasteiger partial charge is 0.410 e. The van der Waals surface area contributed by atoms with E-state index in [2.05, 4.69) is 23.9 Å². The summed E-state index contributed by atoms with van der Waals surface area (Å²) in [6.45, 7) is 8.33. The molecule has 1 amide bonds. The van der Waals surface area contributed by atoms with Crippen LogP contribution in [0.3, 0.4) is 0 Å². The van der Waals surface area contributed by atoms with Gasteiger partial charge in [-0.2, -0.15) is 0 Å². The second kappa shape index (κ2) is 13.9. The van der Waals surface area contributed by atoms with Crippen molar-refractivity contribution in [3.63, 3.8) is 0 Å². The Hall–Kier alpha value is -3.81. The van der Waals surface area contributed by atoms with Gasteiger partial charge in [-0.25, -0.2) is 9.59 Å². The molecule has 2 N–H and O–H groups in total. The third-order valence-corrected chi connectivity index (χ3v) is 5.52. The minimum atomic E-state index is -0.883. The molecular weight excluding hydrogens is 462 g/mol. The molecule has 0 fully saturated rings. The Labute approximate surface area is 211 Å². The molecule has 1 aromatic carbocycles. The molecule has 1 atom stereocenters. The molecule has 0 aliphatic rings. The summed E-state index contributed by atoms with van der Waals surface area (Å²) >= 11 is 0. The zero-order valence-corrected chi connectivity index (χ0v) is 21.5. The van der Waals surface area contributed by atoms with E-state index in [1.54, 1.807) is 19.1 Å². The van der Waals surface area contributed by atoms with Crippen molar-refractivity contribution in [3.05, 3.63) is 75.5 Å². The number of allylic oxidation sites excluding steroid dienone is 2. The van der Waals surface area contributed by atoms with Crippen molar-refractivity contribution in [1.82, 2.24) is 5.32 Å². The minimum Gasteiger partial charge on any atom is -0.507 e. The van der Waals surface area contributed by atoms with Crippen LogP contribution in [0.2, 0.25) is 0 Å². The Morgan fingerprint density at radius 1 is 1.14 bits per heavy atom. The normalized spacial score (nSPS) is 12.6. The van der Waals surface area contributed by atoms with Gasteiger partial charge in [0.2, 0.25) is 0 Å². The van der Waals surface area contributed by atoms with E-state index in [-0.39, 0.29) is 17.3 Å². The molecule has 0 radical (unpaired) electrons. The van der Waals surface area contributed by atoms with Crippen molar-refractivity contribution in [2.45, 2.75) is 52.9 Å². The highest BCUT2D eigenvalue weighted by molar-refractivity contribution is 6.12. The number of alkyl carbamates (subject to hydrolysis) is 1. The molecule has 1 aromatic heterocycles. The van der Waals surface area contributed by atoms with Gasteiger partial charge in [-0.1, -0.05) is 39.0 Å². The Morgan fingerprint density at radius 3 is 2.44 bits per heavy atom. The predicted octanol–water partition coefficient (Wildman–Crippen LogP) is 5.81. The first-order valence-corrected chi connectivity index (χ1v) is 11.9. The highest BCUT2D eigenvalue weighted by Gasteiger charge is 2.22. The van der Waals surface area contributed by atoms with Crippen molar-refractivity contribution in [2.75, 3.05) is 13.7 Å². The number of hydrogen-bond acceptors (Lipinski definition) is 7. The number of carbonyl (C=O) groups is 2. The van der Waals surface area contributed by atoms with Crippen molar-refractivity contribution < 1.29 is 28.6 Å². The van der Waals surface area contributed by atoms with E-state index in [1.165, 1.54) is 19.4 Å². The Bertz CT molecular complexity index is 1140. The van der Waals surface area contributed by atoms with Crippen LogP contribution in [0.5, 0.6) is 11.5 Å². The first-order chi connectivity index (χ1) is 17.1. The molecule has 36 heavy (non-hydrogen) atoms. The van der Waals surface area contributed by atoms with E-state index in [4.69, 9.17) is 9.15 Å². The number of methoxy groups -OCH3 is 1. The van der Waals surface area contributed by atoms with Crippen LogP contribution in [0.25, 0.3) is 6.08 Å². The molecular formula is C28H35NO7. The Morgan fingerprint density at radius 2 is 1.83 bits per heavy atom. The molecule has 194 valence electrons. The maximum absolute atomic E-state index is 12.9. The van der Waals surface area contributed by atoms with Gasteiger partial charge in [0.25, 0.3) is 0 Å². The minimum absolute atomic E-state index is 0.201. The highest BCUT2D eigenvalue weighted by Crippen LogP contribution is 2.26. The number of nitrogens with one attached hydrogen (secondary N) is 1. The number of hydrogen-bond donors (Lipinski definition) is 2. The molecule has 8 heteroatoms. The van der Waals surface area contributed by atoms with Gasteiger partial charge in [0.05, 0.1) is 13.7 Å². The molecule has 1 unspecified atom stereocenters. The summed E-state index contributed by atoms with van der Waals surface area (Å²) in [5.41, 5.74) is -0.224. The summed E-state index contributed by atoms with van der Waals surface area (Å²) in [5, 5.41) is 12.9. The van der Waals surface area contributed by atoms with Crippen LogP contribution in [0.4, 0.5) is 4.79 Å². The third-order valence-electron chi connectivity index (χ3n) is 5.52. The van der Waals surface area contributed by atoms with Gasteiger partial charge in [-0.05, 0) is 61.4 Å². The Balaban J connectivity index is 2.06. The summed E-state index contributed by atoms with van der Waals surface area (Å²) in [7, 11) is 1.27. The van der Waals surface area contributed by atoms with E-state index < -0.39 is 28.8 Å². The summed E-state index contributed by atoms with van der Waals surface area (Å²) in [4.78, 5) is 36.5. The largest absolute Gasteiger partial charge is 0.507 e. The van der Waals surface area contributed by atoms with Crippen molar-refractivity contribution in [1.29, 1.82) is 0 Å². The SMILES string of the molecule is COC(=O)N/C=C/CCC(C)c1cc(O)c(C(=O)/C(C)=C/c2ccc(OCCC(C)C)cc2)c(=O)o1. The van der Waals surface area contributed by atoms with Gasteiger partial charge in [0.1, 0.15) is 22.8 Å². The van der Waals surface area contributed by atoms with Crippen LogP contribution in [0.1, 0.15) is 74.6 Å². The van der Waals surface area contributed by atoms with Crippen molar-refractivity contribution >= 4 is 18.0 Å². The fraction of sp³-hybridized carbons (Fsp3) is 0.393. The zero-order valence-electron chi connectivity index (χ0n) is 21.5. The fourth-order valence-corrected chi connectivity index (χ4v) is 3.29. The summed E-state index contributed by atoms with van der Waals surface area (Å²) in [6, 6.07) is 8.61. The zero-order chi connectivity index (χ0) is 26.7. The number of aromatic hydroxyl groups is 1. The first-order valence-electron chi connectivity index (χ1n) is 11.9. The number of carbonyl (C=O) groups excluding carboxylic acids is 2. The molecule has 8 nitrogen and oxygen atoms in total. The van der Waals surface area contributed by atoms with Crippen molar-refractivity contribution in [2.24, 2.45) is 5.92 Å². The summed E-state index contributed by atoms with van der Waals surface area (Å²) in [6.07, 6.45) is 6.42. The average Bonchev–Trinajstić information content (AvgIpc) is 2.83. The second-order valence-corrected chi connectivity index (χ2v) is 8.97. The van der Waals surface area contributed by atoms with E-state index in [9.17, 15) is 19.5 Å². The number of ether oxygens (including phenoxy) is 2. The van der Waals surface area contributed by atoms with Gasteiger partial charge in [-0.3, -0.25) is 10.1 Å². The lowest BCUT2D eigenvalue weighted by atomic mass is 9.99. The van der Waals surface area contributed by atoms with Crippen LogP contribution >= 0.6 is 0 Å². The van der Waals surface area contributed by atoms with Crippen molar-refractivity contribution in [3.8, 4) is 11.5 Å². The molecule has 2 aromatic rings. The average molecular weight is 498 g/mol. The quantitative estimate of drug-likeness (QED) is 0.281. The molecule has 0 saturated heterocycles. The molecule has 0 aliphatic heterocycles. The van der Waals surface area contributed by atoms with Crippen LogP contribution in [0, 0.1) is 5.92 Å².